The Morgan fingerprint density at radius 2 is 1.68 bits per heavy atom. The van der Waals surface area contributed by atoms with Gasteiger partial charge in [0.15, 0.2) is 4.90 Å². The molecule has 0 atom stereocenters. The minimum atomic E-state index is -4.16. The summed E-state index contributed by atoms with van der Waals surface area (Å²) in [6, 6.07) is 18.7. The first-order valence-electron chi connectivity index (χ1n) is 9.44. The van der Waals surface area contributed by atoms with Crippen LogP contribution in [0.1, 0.15) is 27.9 Å². The van der Waals surface area contributed by atoms with Crippen LogP contribution in [0.5, 0.6) is 0 Å². The van der Waals surface area contributed by atoms with E-state index in [9.17, 15) is 23.3 Å². The molecular formula is C22H20N2O6S. The Morgan fingerprint density at radius 3 is 2.42 bits per heavy atom. The van der Waals surface area contributed by atoms with E-state index >= 15 is 0 Å². The molecule has 0 aliphatic heterocycles. The zero-order valence-electron chi connectivity index (χ0n) is 16.4. The molecule has 0 aromatic heterocycles. The Balaban J connectivity index is 1.76. The lowest BCUT2D eigenvalue weighted by Crippen LogP contribution is -2.15. The maximum absolute atomic E-state index is 12.8. The number of sulfonamides is 1. The first kappa shape index (κ1) is 22.0. The molecule has 0 fully saturated rings. The Hall–Kier alpha value is -3.72. The van der Waals surface area contributed by atoms with Crippen LogP contribution in [-0.4, -0.2) is 24.4 Å². The Morgan fingerprint density at radius 1 is 0.968 bits per heavy atom. The summed E-state index contributed by atoms with van der Waals surface area (Å²) in [6.45, 7) is 0. The number of carbonyl (C=O) groups is 1. The smallest absolute Gasteiger partial charge is 0.335 e. The number of nitrogens with one attached hydrogen (secondary N) is 1. The second kappa shape index (κ2) is 9.40. The molecule has 0 bridgehead atoms. The summed E-state index contributed by atoms with van der Waals surface area (Å²) in [5.41, 5.74) is 1.68. The van der Waals surface area contributed by atoms with E-state index in [0.29, 0.717) is 24.9 Å². The van der Waals surface area contributed by atoms with Gasteiger partial charge in [-0.05, 0) is 54.7 Å². The van der Waals surface area contributed by atoms with Crippen molar-refractivity contribution in [3.8, 4) is 0 Å². The third-order valence-electron chi connectivity index (χ3n) is 4.70. The van der Waals surface area contributed by atoms with Gasteiger partial charge in [-0.25, -0.2) is 13.2 Å². The van der Waals surface area contributed by atoms with Crippen molar-refractivity contribution < 1.29 is 23.2 Å². The van der Waals surface area contributed by atoms with Crippen LogP contribution in [0, 0.1) is 10.1 Å². The van der Waals surface area contributed by atoms with Crippen LogP contribution in [0.15, 0.2) is 77.7 Å². The van der Waals surface area contributed by atoms with Crippen molar-refractivity contribution >= 4 is 27.4 Å². The molecule has 0 spiro atoms. The standard InChI is InChI=1S/C22H20N2O6S/c25-22(26)18-11-6-8-16(15-18)7-5-10-17-9-1-2-12-19(17)23-31(29,30)21-14-4-3-13-20(21)24(27)28/h1-4,6,8-9,11-15,23H,5,7,10H2,(H,25,26). The van der Waals surface area contributed by atoms with E-state index in [4.69, 9.17) is 5.11 Å². The number of hydrogen-bond donors (Lipinski definition) is 2. The quantitative estimate of drug-likeness (QED) is 0.378. The second-order valence-corrected chi connectivity index (χ2v) is 8.50. The molecule has 0 unspecified atom stereocenters. The van der Waals surface area contributed by atoms with E-state index < -0.39 is 31.5 Å². The number of anilines is 1. The number of aromatic carboxylic acids is 1. The highest BCUT2D eigenvalue weighted by atomic mass is 32.2. The fraction of sp³-hybridized carbons (Fsp3) is 0.136. The monoisotopic (exact) mass is 440 g/mol. The highest BCUT2D eigenvalue weighted by Gasteiger charge is 2.25. The molecule has 31 heavy (non-hydrogen) atoms. The molecule has 0 aliphatic carbocycles. The SMILES string of the molecule is O=C(O)c1cccc(CCCc2ccccc2NS(=O)(=O)c2ccccc2[N+](=O)[O-])c1. The number of nitrogens with zero attached hydrogens (tertiary/aromatic N) is 1. The lowest BCUT2D eigenvalue weighted by atomic mass is 10.0. The van der Waals surface area contributed by atoms with Gasteiger partial charge in [0.25, 0.3) is 15.7 Å². The molecule has 3 aromatic rings. The first-order valence-corrected chi connectivity index (χ1v) is 10.9. The van der Waals surface area contributed by atoms with E-state index in [0.717, 1.165) is 17.2 Å². The molecule has 8 nitrogen and oxygen atoms in total. The van der Waals surface area contributed by atoms with Gasteiger partial charge in [-0.1, -0.05) is 42.5 Å². The number of carboxylic acid groups (broad SMARTS) is 1. The predicted octanol–water partition coefficient (Wildman–Crippen LogP) is 4.27. The van der Waals surface area contributed by atoms with E-state index in [2.05, 4.69) is 4.72 Å². The van der Waals surface area contributed by atoms with Gasteiger partial charge in [-0.3, -0.25) is 14.8 Å². The van der Waals surface area contributed by atoms with E-state index in [1.54, 1.807) is 36.4 Å². The maximum atomic E-state index is 12.8. The number of nitro benzene ring substituents is 1. The summed E-state index contributed by atoms with van der Waals surface area (Å²) in [6.07, 6.45) is 1.81. The van der Waals surface area contributed by atoms with Gasteiger partial charge in [-0.15, -0.1) is 0 Å². The molecule has 0 saturated carbocycles. The average Bonchev–Trinajstić information content (AvgIpc) is 2.75. The summed E-state index contributed by atoms with van der Waals surface area (Å²) >= 11 is 0. The van der Waals surface area contributed by atoms with Crippen molar-refractivity contribution in [3.63, 3.8) is 0 Å². The molecule has 2 N–H and O–H groups in total. The van der Waals surface area contributed by atoms with E-state index in [1.165, 1.54) is 24.3 Å². The lowest BCUT2D eigenvalue weighted by Gasteiger charge is -2.13. The lowest BCUT2D eigenvalue weighted by molar-refractivity contribution is -0.387. The first-order chi connectivity index (χ1) is 14.8. The number of hydrogen-bond acceptors (Lipinski definition) is 5. The predicted molar refractivity (Wildman–Crippen MR) is 116 cm³/mol. The van der Waals surface area contributed by atoms with Gasteiger partial charge in [-0.2, -0.15) is 0 Å². The van der Waals surface area contributed by atoms with Crippen LogP contribution in [-0.2, 0) is 22.9 Å². The molecule has 3 rings (SSSR count). The summed E-state index contributed by atoms with van der Waals surface area (Å²) in [4.78, 5) is 21.2. The second-order valence-electron chi connectivity index (χ2n) is 6.85. The summed E-state index contributed by atoms with van der Waals surface area (Å²) in [7, 11) is -4.16. The molecule has 0 amide bonds. The Labute approximate surface area is 179 Å². The molecule has 0 radical (unpaired) electrons. The van der Waals surface area contributed by atoms with Crippen LogP contribution in [0.3, 0.4) is 0 Å². The molecule has 160 valence electrons. The van der Waals surface area contributed by atoms with Gasteiger partial charge in [0.2, 0.25) is 0 Å². The van der Waals surface area contributed by atoms with Crippen molar-refractivity contribution in [1.29, 1.82) is 0 Å². The maximum Gasteiger partial charge on any atom is 0.335 e. The topological polar surface area (TPSA) is 127 Å². The molecule has 0 heterocycles. The molecule has 9 heteroatoms. The van der Waals surface area contributed by atoms with Crippen LogP contribution in [0.25, 0.3) is 0 Å². The van der Waals surface area contributed by atoms with Crippen molar-refractivity contribution in [2.24, 2.45) is 0 Å². The molecule has 0 saturated heterocycles. The summed E-state index contributed by atoms with van der Waals surface area (Å²) in [5, 5.41) is 20.3. The summed E-state index contributed by atoms with van der Waals surface area (Å²) < 4.78 is 28.1. The van der Waals surface area contributed by atoms with E-state index in [1.807, 2.05) is 6.07 Å². The number of nitro groups is 1. The van der Waals surface area contributed by atoms with Crippen molar-refractivity contribution in [2.75, 3.05) is 4.72 Å². The number of benzene rings is 3. The largest absolute Gasteiger partial charge is 0.478 e. The number of rotatable bonds is 9. The van der Waals surface area contributed by atoms with Crippen molar-refractivity contribution in [2.45, 2.75) is 24.2 Å². The van der Waals surface area contributed by atoms with Gasteiger partial charge in [0.1, 0.15) is 0 Å². The minimum Gasteiger partial charge on any atom is -0.478 e. The number of para-hydroxylation sites is 2. The minimum absolute atomic E-state index is 0.218. The van der Waals surface area contributed by atoms with Crippen LogP contribution in [0.4, 0.5) is 11.4 Å². The third-order valence-corrected chi connectivity index (χ3v) is 6.11. The van der Waals surface area contributed by atoms with Crippen molar-refractivity contribution in [3.05, 3.63) is 99.6 Å². The Kier molecular flexibility index (Phi) is 6.66. The van der Waals surface area contributed by atoms with Gasteiger partial charge < -0.3 is 5.11 Å². The highest BCUT2D eigenvalue weighted by molar-refractivity contribution is 7.92. The van der Waals surface area contributed by atoms with Crippen LogP contribution < -0.4 is 4.72 Å². The van der Waals surface area contributed by atoms with Gasteiger partial charge in [0.05, 0.1) is 16.2 Å². The fourth-order valence-electron chi connectivity index (χ4n) is 3.22. The molecule has 0 aliphatic rings. The normalized spacial score (nSPS) is 11.1. The zero-order valence-corrected chi connectivity index (χ0v) is 17.2. The highest BCUT2D eigenvalue weighted by Crippen LogP contribution is 2.27. The van der Waals surface area contributed by atoms with Gasteiger partial charge in [0, 0.05) is 6.07 Å². The summed E-state index contributed by atoms with van der Waals surface area (Å²) in [5.74, 6) is -0.989. The molecule has 3 aromatic carbocycles. The zero-order chi connectivity index (χ0) is 22.4. The molecular weight excluding hydrogens is 420 g/mol. The number of carboxylic acids is 1. The van der Waals surface area contributed by atoms with E-state index in [-0.39, 0.29) is 5.56 Å². The fourth-order valence-corrected chi connectivity index (χ4v) is 4.49. The van der Waals surface area contributed by atoms with Gasteiger partial charge >= 0.3 is 5.97 Å². The average molecular weight is 440 g/mol. The van der Waals surface area contributed by atoms with Crippen molar-refractivity contribution in [1.82, 2.24) is 0 Å². The van der Waals surface area contributed by atoms with Crippen LogP contribution >= 0.6 is 0 Å². The van der Waals surface area contributed by atoms with Crippen LogP contribution in [0.2, 0.25) is 0 Å². The third kappa shape index (κ3) is 5.46. The Bertz CT molecular complexity index is 1220. The number of aryl methyl sites for hydroxylation is 2.